The van der Waals surface area contributed by atoms with Gasteiger partial charge in [-0.3, -0.25) is 0 Å². The molecule has 0 aliphatic rings. The Labute approximate surface area is 181 Å². The van der Waals surface area contributed by atoms with Crippen LogP contribution in [0.4, 0.5) is 0 Å². The monoisotopic (exact) mass is 456 g/mol. The molecule has 10 nitrogen and oxygen atoms in total. The molecule has 2 aromatic rings. The fraction of sp³-hybridized carbons (Fsp3) is 0.300. The van der Waals surface area contributed by atoms with Crippen molar-refractivity contribution in [2.45, 2.75) is 26.9 Å². The molecule has 31 heavy (non-hydrogen) atoms. The minimum absolute atomic E-state index is 0.286. The SMILES string of the molecule is CCOC(=O)c1ccc(CN)cc1.CCOC(=O)c1ccc(CN)cc1.O=P(O)(O)O. The first kappa shape index (κ1) is 28.4. The van der Waals surface area contributed by atoms with Crippen molar-refractivity contribution < 1.29 is 38.3 Å². The lowest BCUT2D eigenvalue weighted by molar-refractivity contribution is 0.0516. The molecule has 0 bridgehead atoms. The standard InChI is InChI=1S/2C10H13NO2.H3O4P/c2*1-2-13-10(12)9-5-3-8(7-11)4-6-9;1-5(2,3)4/h2*3-6H,2,7,11H2,1H3;(H3,1,2,3,4). The van der Waals surface area contributed by atoms with Crippen LogP contribution in [-0.2, 0) is 27.1 Å². The van der Waals surface area contributed by atoms with Gasteiger partial charge in [0.1, 0.15) is 0 Å². The fourth-order valence-corrected chi connectivity index (χ4v) is 1.98. The van der Waals surface area contributed by atoms with Crippen LogP contribution in [-0.4, -0.2) is 39.8 Å². The van der Waals surface area contributed by atoms with Crippen molar-refractivity contribution in [3.8, 4) is 0 Å². The first-order valence-electron chi connectivity index (χ1n) is 9.26. The Morgan fingerprint density at radius 1 is 0.742 bits per heavy atom. The number of benzene rings is 2. The molecular formula is C20H29N2O8P. The number of carbonyl (C=O) groups excluding carboxylic acids is 2. The summed E-state index contributed by atoms with van der Waals surface area (Å²) in [5, 5.41) is 0. The highest BCUT2D eigenvalue weighted by Crippen LogP contribution is 2.25. The van der Waals surface area contributed by atoms with Gasteiger partial charge in [-0.05, 0) is 49.2 Å². The highest BCUT2D eigenvalue weighted by molar-refractivity contribution is 7.45. The summed E-state index contributed by atoms with van der Waals surface area (Å²) in [6, 6.07) is 14.2. The molecule has 11 heteroatoms. The van der Waals surface area contributed by atoms with E-state index in [9.17, 15) is 9.59 Å². The molecule has 0 fully saturated rings. The molecular weight excluding hydrogens is 427 g/mol. The highest BCUT2D eigenvalue weighted by Gasteiger charge is 2.05. The van der Waals surface area contributed by atoms with Gasteiger partial charge < -0.3 is 35.6 Å². The van der Waals surface area contributed by atoms with E-state index < -0.39 is 7.82 Å². The lowest BCUT2D eigenvalue weighted by Crippen LogP contribution is -2.05. The Balaban J connectivity index is 0.000000479. The highest BCUT2D eigenvalue weighted by atomic mass is 31.2. The van der Waals surface area contributed by atoms with Crippen LogP contribution in [0.2, 0.25) is 0 Å². The predicted molar refractivity (Wildman–Crippen MR) is 115 cm³/mol. The minimum Gasteiger partial charge on any atom is -0.462 e. The summed E-state index contributed by atoms with van der Waals surface area (Å²) in [6.45, 7) is 5.35. The number of carbonyl (C=O) groups is 2. The number of rotatable bonds is 6. The van der Waals surface area contributed by atoms with Crippen molar-refractivity contribution in [3.63, 3.8) is 0 Å². The summed E-state index contributed by atoms with van der Waals surface area (Å²) >= 11 is 0. The summed E-state index contributed by atoms with van der Waals surface area (Å²) in [5.41, 5.74) is 14.0. The van der Waals surface area contributed by atoms with Gasteiger partial charge in [0, 0.05) is 13.1 Å². The second-order valence-electron chi connectivity index (χ2n) is 5.76. The normalized spacial score (nSPS) is 10.0. The summed E-state index contributed by atoms with van der Waals surface area (Å²) < 4.78 is 18.5. The van der Waals surface area contributed by atoms with Gasteiger partial charge in [-0.15, -0.1) is 0 Å². The van der Waals surface area contributed by atoms with E-state index in [4.69, 9.17) is 40.2 Å². The van der Waals surface area contributed by atoms with E-state index in [1.165, 1.54) is 0 Å². The van der Waals surface area contributed by atoms with Gasteiger partial charge in [0.05, 0.1) is 24.3 Å². The number of ether oxygens (including phenoxy) is 2. The van der Waals surface area contributed by atoms with Gasteiger partial charge in [-0.1, -0.05) is 24.3 Å². The Hall–Kier alpha value is -2.59. The zero-order valence-electron chi connectivity index (χ0n) is 17.4. The summed E-state index contributed by atoms with van der Waals surface area (Å²) in [7, 11) is -4.64. The number of hydrogen-bond acceptors (Lipinski definition) is 7. The summed E-state index contributed by atoms with van der Waals surface area (Å²) in [4.78, 5) is 43.9. The smallest absolute Gasteiger partial charge is 0.462 e. The molecule has 0 heterocycles. The van der Waals surface area contributed by atoms with E-state index in [1.807, 2.05) is 24.3 Å². The molecule has 0 atom stereocenters. The van der Waals surface area contributed by atoms with Crippen LogP contribution in [0.3, 0.4) is 0 Å². The molecule has 172 valence electrons. The van der Waals surface area contributed by atoms with Crippen LogP contribution < -0.4 is 11.5 Å². The molecule has 0 aliphatic carbocycles. The second-order valence-corrected chi connectivity index (χ2v) is 6.78. The molecule has 2 aromatic carbocycles. The predicted octanol–water partition coefficient (Wildman–Crippen LogP) is 1.72. The molecule has 0 spiro atoms. The molecule has 0 amide bonds. The Morgan fingerprint density at radius 2 is 1.00 bits per heavy atom. The van der Waals surface area contributed by atoms with Crippen LogP contribution in [0.15, 0.2) is 48.5 Å². The molecule has 0 aliphatic heterocycles. The van der Waals surface area contributed by atoms with Crippen LogP contribution in [0.5, 0.6) is 0 Å². The van der Waals surface area contributed by atoms with E-state index >= 15 is 0 Å². The zero-order chi connectivity index (χ0) is 23.9. The maximum Gasteiger partial charge on any atom is 0.466 e. The molecule has 0 radical (unpaired) electrons. The van der Waals surface area contributed by atoms with E-state index in [-0.39, 0.29) is 11.9 Å². The average molecular weight is 456 g/mol. The first-order chi connectivity index (χ1) is 14.5. The topological polar surface area (TPSA) is 182 Å². The molecule has 7 N–H and O–H groups in total. The second kappa shape index (κ2) is 15.2. The van der Waals surface area contributed by atoms with E-state index in [0.717, 1.165) is 11.1 Å². The van der Waals surface area contributed by atoms with Crippen molar-refractivity contribution >= 4 is 19.8 Å². The lowest BCUT2D eigenvalue weighted by Gasteiger charge is -2.01. The maximum atomic E-state index is 11.2. The number of phosphoric acid groups is 1. The Morgan fingerprint density at radius 3 is 1.19 bits per heavy atom. The van der Waals surface area contributed by atoms with E-state index in [2.05, 4.69) is 0 Å². The van der Waals surface area contributed by atoms with E-state index in [1.54, 1.807) is 38.1 Å². The van der Waals surface area contributed by atoms with Crippen molar-refractivity contribution in [1.29, 1.82) is 0 Å². The first-order valence-corrected chi connectivity index (χ1v) is 10.8. The van der Waals surface area contributed by atoms with Crippen LogP contribution >= 0.6 is 7.82 Å². The molecule has 0 unspecified atom stereocenters. The van der Waals surface area contributed by atoms with E-state index in [0.29, 0.717) is 37.4 Å². The third-order valence-electron chi connectivity index (χ3n) is 3.40. The van der Waals surface area contributed by atoms with Gasteiger partial charge in [0.25, 0.3) is 0 Å². The van der Waals surface area contributed by atoms with Gasteiger partial charge in [-0.2, -0.15) is 0 Å². The Kier molecular flexibility index (Phi) is 14.0. The third kappa shape index (κ3) is 14.1. The minimum atomic E-state index is -4.64. The molecule has 2 rings (SSSR count). The van der Waals surface area contributed by atoms with Crippen molar-refractivity contribution in [3.05, 3.63) is 70.8 Å². The largest absolute Gasteiger partial charge is 0.466 e. The van der Waals surface area contributed by atoms with Crippen molar-refractivity contribution in [2.75, 3.05) is 13.2 Å². The van der Waals surface area contributed by atoms with Crippen LogP contribution in [0.25, 0.3) is 0 Å². The van der Waals surface area contributed by atoms with Gasteiger partial charge in [0.15, 0.2) is 0 Å². The fourth-order valence-electron chi connectivity index (χ4n) is 1.98. The zero-order valence-corrected chi connectivity index (χ0v) is 18.3. The third-order valence-corrected chi connectivity index (χ3v) is 3.40. The average Bonchev–Trinajstić information content (AvgIpc) is 2.73. The van der Waals surface area contributed by atoms with Gasteiger partial charge in [-0.25, -0.2) is 14.2 Å². The van der Waals surface area contributed by atoms with Crippen molar-refractivity contribution in [2.24, 2.45) is 11.5 Å². The number of hydrogen-bond donors (Lipinski definition) is 5. The van der Waals surface area contributed by atoms with Gasteiger partial charge in [0.2, 0.25) is 0 Å². The summed E-state index contributed by atoms with van der Waals surface area (Å²) in [6.07, 6.45) is 0. The lowest BCUT2D eigenvalue weighted by atomic mass is 10.1. The molecule has 0 aromatic heterocycles. The molecule has 0 saturated heterocycles. The quantitative estimate of drug-likeness (QED) is 0.317. The van der Waals surface area contributed by atoms with Crippen LogP contribution in [0.1, 0.15) is 45.7 Å². The Bertz CT molecular complexity index is 765. The number of nitrogens with two attached hydrogens (primary N) is 2. The summed E-state index contributed by atoms with van der Waals surface area (Å²) in [5.74, 6) is -0.572. The number of esters is 2. The maximum absolute atomic E-state index is 11.2. The van der Waals surface area contributed by atoms with Gasteiger partial charge >= 0.3 is 19.8 Å². The van der Waals surface area contributed by atoms with Crippen molar-refractivity contribution in [1.82, 2.24) is 0 Å². The molecule has 0 saturated carbocycles. The van der Waals surface area contributed by atoms with Crippen LogP contribution in [0, 0.1) is 0 Å².